The molecule has 0 radical (unpaired) electrons. The first kappa shape index (κ1) is 18.3. The van der Waals surface area contributed by atoms with Crippen LogP contribution in [0.5, 0.6) is 0 Å². The van der Waals surface area contributed by atoms with Crippen LogP contribution in [0.25, 0.3) is 22.6 Å². The molecule has 0 spiro atoms. The number of carbonyl (C=O) groups excluding carboxylic acids is 1. The highest BCUT2D eigenvalue weighted by Crippen LogP contribution is 2.29. The van der Waals surface area contributed by atoms with Crippen molar-refractivity contribution < 1.29 is 9.21 Å². The van der Waals surface area contributed by atoms with Crippen LogP contribution in [-0.4, -0.2) is 10.9 Å². The zero-order valence-electron chi connectivity index (χ0n) is 15.8. The maximum atomic E-state index is 12.6. The maximum Gasteiger partial charge on any atom is 0.255 e. The topological polar surface area (TPSA) is 55.1 Å². The van der Waals surface area contributed by atoms with E-state index in [1.807, 2.05) is 57.2 Å². The molecule has 0 saturated heterocycles. The van der Waals surface area contributed by atoms with Crippen LogP contribution >= 0.6 is 11.6 Å². The number of hydrogen-bond acceptors (Lipinski definition) is 3. The fraction of sp³-hybridized carbons (Fsp3) is 0.130. The van der Waals surface area contributed by atoms with Crippen LogP contribution < -0.4 is 5.32 Å². The number of nitrogens with one attached hydrogen (secondary N) is 1. The molecule has 140 valence electrons. The van der Waals surface area contributed by atoms with Gasteiger partial charge < -0.3 is 9.73 Å². The minimum Gasteiger partial charge on any atom is -0.436 e. The number of oxazole rings is 1. The molecule has 1 aromatic heterocycles. The summed E-state index contributed by atoms with van der Waals surface area (Å²) in [6.45, 7) is 5.89. The summed E-state index contributed by atoms with van der Waals surface area (Å²) >= 11 is 6.21. The molecule has 0 aliphatic carbocycles. The molecule has 4 aromatic rings. The summed E-state index contributed by atoms with van der Waals surface area (Å²) in [5.41, 5.74) is 6.52. The van der Waals surface area contributed by atoms with Crippen molar-refractivity contribution in [1.29, 1.82) is 0 Å². The molecule has 4 nitrogen and oxygen atoms in total. The van der Waals surface area contributed by atoms with E-state index < -0.39 is 0 Å². The molecule has 1 N–H and O–H groups in total. The van der Waals surface area contributed by atoms with Crippen LogP contribution in [0.15, 0.2) is 59.0 Å². The largest absolute Gasteiger partial charge is 0.436 e. The minimum atomic E-state index is -0.147. The Kier molecular flexibility index (Phi) is 4.65. The Bertz CT molecular complexity index is 1210. The van der Waals surface area contributed by atoms with Gasteiger partial charge in [-0.15, -0.1) is 0 Å². The lowest BCUT2D eigenvalue weighted by Gasteiger charge is -2.08. The molecule has 0 unspecified atom stereocenters. The molecule has 5 heteroatoms. The van der Waals surface area contributed by atoms with E-state index in [1.54, 1.807) is 18.2 Å². The standard InChI is InChI=1S/C23H19ClN2O2/c1-13-4-8-18(15(3)10-13)22(27)25-17-7-9-21-20(12-17)26-23(28-21)16-6-5-14(2)19(24)11-16/h4-12H,1-3H3,(H,25,27). The average Bonchev–Trinajstić information content (AvgIpc) is 3.07. The minimum absolute atomic E-state index is 0.147. The van der Waals surface area contributed by atoms with Gasteiger partial charge in [-0.05, 0) is 68.3 Å². The highest BCUT2D eigenvalue weighted by Gasteiger charge is 2.13. The van der Waals surface area contributed by atoms with Gasteiger partial charge in [0.25, 0.3) is 5.91 Å². The molecular formula is C23H19ClN2O2. The molecule has 3 aromatic carbocycles. The number of rotatable bonds is 3. The maximum absolute atomic E-state index is 12.6. The number of aryl methyl sites for hydroxylation is 3. The monoisotopic (exact) mass is 390 g/mol. The third-order valence-corrected chi connectivity index (χ3v) is 5.10. The first-order valence-electron chi connectivity index (χ1n) is 8.96. The Hall–Kier alpha value is -3.11. The van der Waals surface area contributed by atoms with Crippen molar-refractivity contribution in [3.8, 4) is 11.5 Å². The lowest BCUT2D eigenvalue weighted by molar-refractivity contribution is 0.102. The zero-order valence-corrected chi connectivity index (χ0v) is 16.6. The second-order valence-corrected chi connectivity index (χ2v) is 7.35. The van der Waals surface area contributed by atoms with Gasteiger partial charge in [0.2, 0.25) is 5.89 Å². The van der Waals surface area contributed by atoms with Crippen molar-refractivity contribution in [2.45, 2.75) is 20.8 Å². The predicted molar refractivity (Wildman–Crippen MR) is 113 cm³/mol. The van der Waals surface area contributed by atoms with Gasteiger partial charge in [-0.1, -0.05) is 35.4 Å². The van der Waals surface area contributed by atoms with Gasteiger partial charge in [0, 0.05) is 21.8 Å². The number of benzene rings is 3. The fourth-order valence-corrected chi connectivity index (χ4v) is 3.30. The van der Waals surface area contributed by atoms with Crippen molar-refractivity contribution in [3.05, 3.63) is 81.9 Å². The first-order valence-corrected chi connectivity index (χ1v) is 9.34. The number of anilines is 1. The lowest BCUT2D eigenvalue weighted by atomic mass is 10.1. The van der Waals surface area contributed by atoms with E-state index in [9.17, 15) is 4.79 Å². The predicted octanol–water partition coefficient (Wildman–Crippen LogP) is 6.33. The van der Waals surface area contributed by atoms with Gasteiger partial charge in [-0.25, -0.2) is 4.98 Å². The number of carbonyl (C=O) groups is 1. The van der Waals surface area contributed by atoms with Gasteiger partial charge in [0.05, 0.1) is 0 Å². The molecule has 1 heterocycles. The molecule has 0 fully saturated rings. The summed E-state index contributed by atoms with van der Waals surface area (Å²) in [5.74, 6) is 0.348. The Morgan fingerprint density at radius 2 is 1.79 bits per heavy atom. The summed E-state index contributed by atoms with van der Waals surface area (Å²) in [6, 6.07) is 16.9. The third kappa shape index (κ3) is 3.51. The van der Waals surface area contributed by atoms with Gasteiger partial charge in [0.15, 0.2) is 5.58 Å². The Labute approximate surface area is 168 Å². The van der Waals surface area contributed by atoms with Crippen LogP contribution in [0.3, 0.4) is 0 Å². The number of amides is 1. The van der Waals surface area contributed by atoms with Gasteiger partial charge >= 0.3 is 0 Å². The number of nitrogens with zero attached hydrogens (tertiary/aromatic N) is 1. The summed E-state index contributed by atoms with van der Waals surface area (Å²) in [6.07, 6.45) is 0. The van der Waals surface area contributed by atoms with E-state index in [-0.39, 0.29) is 5.91 Å². The van der Waals surface area contributed by atoms with Crippen LogP contribution in [0.2, 0.25) is 5.02 Å². The number of aromatic nitrogens is 1. The number of hydrogen-bond donors (Lipinski definition) is 1. The summed E-state index contributed by atoms with van der Waals surface area (Å²) in [4.78, 5) is 17.2. The normalized spacial score (nSPS) is 11.0. The Balaban J connectivity index is 1.62. The van der Waals surface area contributed by atoms with E-state index in [0.29, 0.717) is 33.3 Å². The fourth-order valence-electron chi connectivity index (χ4n) is 3.12. The molecule has 0 atom stereocenters. The van der Waals surface area contributed by atoms with Crippen LogP contribution in [-0.2, 0) is 0 Å². The van der Waals surface area contributed by atoms with Crippen LogP contribution in [0.1, 0.15) is 27.0 Å². The van der Waals surface area contributed by atoms with Gasteiger partial charge in [0.1, 0.15) is 5.52 Å². The average molecular weight is 391 g/mol. The Morgan fingerprint density at radius 1 is 0.964 bits per heavy atom. The molecule has 1 amide bonds. The van der Waals surface area contributed by atoms with Crippen LogP contribution in [0.4, 0.5) is 5.69 Å². The SMILES string of the molecule is Cc1ccc(C(=O)Nc2ccc3oc(-c4ccc(C)c(Cl)c4)nc3c2)c(C)c1. The molecule has 0 bridgehead atoms. The molecule has 0 saturated carbocycles. The van der Waals surface area contributed by atoms with E-state index >= 15 is 0 Å². The number of fused-ring (bicyclic) bond motifs is 1. The smallest absolute Gasteiger partial charge is 0.255 e. The van der Waals surface area contributed by atoms with E-state index in [4.69, 9.17) is 16.0 Å². The van der Waals surface area contributed by atoms with Gasteiger partial charge in [-0.2, -0.15) is 0 Å². The van der Waals surface area contributed by atoms with Gasteiger partial charge in [-0.3, -0.25) is 4.79 Å². The lowest BCUT2D eigenvalue weighted by Crippen LogP contribution is -2.13. The highest BCUT2D eigenvalue weighted by molar-refractivity contribution is 6.31. The second kappa shape index (κ2) is 7.13. The van der Waals surface area contributed by atoms with E-state index in [0.717, 1.165) is 22.3 Å². The highest BCUT2D eigenvalue weighted by atomic mass is 35.5. The molecule has 4 rings (SSSR count). The zero-order chi connectivity index (χ0) is 19.8. The van der Waals surface area contributed by atoms with Crippen molar-refractivity contribution in [2.24, 2.45) is 0 Å². The summed E-state index contributed by atoms with van der Waals surface area (Å²) < 4.78 is 5.84. The van der Waals surface area contributed by atoms with E-state index in [1.165, 1.54) is 0 Å². The quantitative estimate of drug-likeness (QED) is 0.445. The third-order valence-electron chi connectivity index (χ3n) is 4.69. The van der Waals surface area contributed by atoms with Crippen molar-refractivity contribution in [1.82, 2.24) is 4.98 Å². The molecular weight excluding hydrogens is 372 g/mol. The Morgan fingerprint density at radius 3 is 2.54 bits per heavy atom. The van der Waals surface area contributed by atoms with Crippen molar-refractivity contribution >= 4 is 34.3 Å². The molecule has 28 heavy (non-hydrogen) atoms. The second-order valence-electron chi connectivity index (χ2n) is 6.94. The van der Waals surface area contributed by atoms with Crippen LogP contribution in [0, 0.1) is 20.8 Å². The first-order chi connectivity index (χ1) is 13.4. The summed E-state index contributed by atoms with van der Waals surface area (Å²) in [5, 5.41) is 3.60. The van der Waals surface area contributed by atoms with Crippen molar-refractivity contribution in [2.75, 3.05) is 5.32 Å². The van der Waals surface area contributed by atoms with Crippen molar-refractivity contribution in [3.63, 3.8) is 0 Å². The summed E-state index contributed by atoms with van der Waals surface area (Å²) in [7, 11) is 0. The number of halogens is 1. The van der Waals surface area contributed by atoms with E-state index in [2.05, 4.69) is 10.3 Å². The molecule has 0 aliphatic rings. The molecule has 0 aliphatic heterocycles.